The van der Waals surface area contributed by atoms with Crippen molar-refractivity contribution in [1.29, 1.82) is 0 Å². The van der Waals surface area contributed by atoms with Crippen LogP contribution in [0.3, 0.4) is 0 Å². The second-order valence-corrected chi connectivity index (χ2v) is 14.3. The van der Waals surface area contributed by atoms with Crippen molar-refractivity contribution in [1.82, 2.24) is 0 Å². The van der Waals surface area contributed by atoms with Crippen LogP contribution in [0.5, 0.6) is 0 Å². The van der Waals surface area contributed by atoms with Crippen LogP contribution in [0.25, 0.3) is 0 Å². The largest absolute Gasteiger partial charge is 0.462 e. The first kappa shape index (κ1) is 23.9. The molecule has 9 unspecified atom stereocenters. The van der Waals surface area contributed by atoms with E-state index < -0.39 is 0 Å². The number of carbonyl (C=O) groups is 1. The first-order chi connectivity index (χ1) is 15.5. The fourth-order valence-electron chi connectivity index (χ4n) is 11.1. The molecule has 5 aliphatic rings. The lowest BCUT2D eigenvalue weighted by Gasteiger charge is -2.59. The lowest BCUT2D eigenvalue weighted by atomic mass is 9.46. The highest BCUT2D eigenvalue weighted by Gasteiger charge is 2.80. The highest BCUT2D eigenvalue weighted by Crippen LogP contribution is 2.87. The van der Waals surface area contributed by atoms with Gasteiger partial charge in [0.15, 0.2) is 0 Å². The molecule has 2 nitrogen and oxygen atoms in total. The van der Waals surface area contributed by atoms with Gasteiger partial charge in [0.2, 0.25) is 0 Å². The third kappa shape index (κ3) is 3.35. The van der Waals surface area contributed by atoms with Gasteiger partial charge in [0.05, 0.1) is 0 Å². The van der Waals surface area contributed by atoms with Crippen molar-refractivity contribution in [3.63, 3.8) is 0 Å². The van der Waals surface area contributed by atoms with Crippen LogP contribution >= 0.6 is 0 Å². The maximum Gasteiger partial charge on any atom is 0.302 e. The van der Waals surface area contributed by atoms with Crippen LogP contribution in [0.15, 0.2) is 11.6 Å². The van der Waals surface area contributed by atoms with Gasteiger partial charge >= 0.3 is 5.97 Å². The molecule has 0 amide bonds. The lowest BCUT2D eigenvalue weighted by molar-refractivity contribution is -0.173. The quantitative estimate of drug-likeness (QED) is 0.308. The predicted molar refractivity (Wildman–Crippen MR) is 136 cm³/mol. The molecular weight excluding hydrogens is 404 g/mol. The van der Waals surface area contributed by atoms with E-state index in [0.29, 0.717) is 16.2 Å². The zero-order valence-corrected chi connectivity index (χ0v) is 22.6. The molecule has 9 atom stereocenters. The van der Waals surface area contributed by atoms with E-state index in [-0.39, 0.29) is 17.5 Å². The zero-order valence-electron chi connectivity index (χ0n) is 22.6. The predicted octanol–water partition coefficient (Wildman–Crippen LogP) is 8.35. The number of esters is 1. The van der Waals surface area contributed by atoms with Gasteiger partial charge in [-0.3, -0.25) is 4.79 Å². The van der Waals surface area contributed by atoms with Crippen molar-refractivity contribution in [2.45, 2.75) is 125 Å². The van der Waals surface area contributed by atoms with Gasteiger partial charge in [-0.2, -0.15) is 0 Å². The summed E-state index contributed by atoms with van der Waals surface area (Å²) in [6.45, 7) is 16.2. The number of rotatable bonds is 5. The summed E-state index contributed by atoms with van der Waals surface area (Å²) < 4.78 is 5.88. The molecule has 0 heterocycles. The molecule has 186 valence electrons. The molecule has 5 saturated carbocycles. The van der Waals surface area contributed by atoms with Crippen molar-refractivity contribution in [3.8, 4) is 0 Å². The average Bonchev–Trinajstić information content (AvgIpc) is 3.26. The third-order valence-corrected chi connectivity index (χ3v) is 12.5. The molecule has 0 N–H and O–H groups in total. The Morgan fingerprint density at radius 1 is 0.939 bits per heavy atom. The summed E-state index contributed by atoms with van der Waals surface area (Å²) in [5.41, 5.74) is 3.35. The highest BCUT2D eigenvalue weighted by molar-refractivity contribution is 5.66. The Kier molecular flexibility index (Phi) is 5.70. The van der Waals surface area contributed by atoms with Crippen molar-refractivity contribution in [2.75, 3.05) is 0 Å². The maximum atomic E-state index is 11.8. The second kappa shape index (κ2) is 7.86. The number of carbonyl (C=O) groups excluding carboxylic acids is 1. The van der Waals surface area contributed by atoms with E-state index in [9.17, 15) is 4.79 Å². The smallest absolute Gasteiger partial charge is 0.302 e. The second-order valence-electron chi connectivity index (χ2n) is 14.3. The van der Waals surface area contributed by atoms with Gasteiger partial charge in [0.25, 0.3) is 0 Å². The average molecular weight is 455 g/mol. The summed E-state index contributed by atoms with van der Waals surface area (Å²) >= 11 is 0. The maximum absolute atomic E-state index is 11.8. The molecule has 5 aliphatic carbocycles. The lowest BCUT2D eigenvalue weighted by Crippen LogP contribution is -2.55. The molecular formula is C31H50O2. The highest BCUT2D eigenvalue weighted by atomic mass is 16.5. The fraction of sp³-hybridized carbons (Fsp3) is 0.903. The van der Waals surface area contributed by atoms with Crippen LogP contribution < -0.4 is 0 Å². The van der Waals surface area contributed by atoms with E-state index in [0.717, 1.165) is 36.0 Å². The Bertz CT molecular complexity index is 821. The fourth-order valence-corrected chi connectivity index (χ4v) is 11.1. The molecule has 0 aromatic rings. The van der Waals surface area contributed by atoms with E-state index in [1.54, 1.807) is 6.92 Å². The Balaban J connectivity index is 1.34. The number of ether oxygens (including phenoxy) is 1. The van der Waals surface area contributed by atoms with Crippen molar-refractivity contribution in [2.24, 2.45) is 51.2 Å². The summed E-state index contributed by atoms with van der Waals surface area (Å²) in [6.07, 6.45) is 17.8. The third-order valence-electron chi connectivity index (χ3n) is 12.5. The van der Waals surface area contributed by atoms with Crippen molar-refractivity contribution in [3.05, 3.63) is 11.6 Å². The van der Waals surface area contributed by atoms with Crippen LogP contribution in [-0.2, 0) is 9.53 Å². The summed E-state index contributed by atoms with van der Waals surface area (Å²) in [6, 6.07) is 0. The summed E-state index contributed by atoms with van der Waals surface area (Å²) in [5, 5.41) is 0. The van der Waals surface area contributed by atoms with Crippen molar-refractivity contribution >= 4 is 5.97 Å². The minimum absolute atomic E-state index is 0.0904. The number of hydrogen-bond donors (Lipinski definition) is 0. The first-order valence-corrected chi connectivity index (χ1v) is 14.3. The Morgan fingerprint density at radius 3 is 2.36 bits per heavy atom. The van der Waals surface area contributed by atoms with Crippen LogP contribution in [0.1, 0.15) is 119 Å². The molecule has 0 aromatic carbocycles. The van der Waals surface area contributed by atoms with Crippen molar-refractivity contribution < 1.29 is 9.53 Å². The molecule has 5 fully saturated rings. The number of fused-ring (bicyclic) bond motifs is 2. The van der Waals surface area contributed by atoms with E-state index >= 15 is 0 Å². The van der Waals surface area contributed by atoms with Crippen LogP contribution in [0.2, 0.25) is 0 Å². The summed E-state index contributed by atoms with van der Waals surface area (Å²) in [5.74, 6) is 4.35. The van der Waals surface area contributed by atoms with E-state index in [1.165, 1.54) is 69.8 Å². The summed E-state index contributed by atoms with van der Waals surface area (Å²) in [7, 11) is 0. The van der Waals surface area contributed by atoms with Crippen LogP contribution in [-0.4, -0.2) is 12.1 Å². The van der Waals surface area contributed by atoms with E-state index in [1.807, 2.05) is 0 Å². The molecule has 5 rings (SSSR count). The SMILES string of the molecule is CC(=O)OC1CCC23CC24CCC2(C)C(C(C)CCC=C(C)C)CCC2C4CCC3C1(C)C. The Hall–Kier alpha value is -0.790. The van der Waals surface area contributed by atoms with Gasteiger partial charge in [0, 0.05) is 12.3 Å². The topological polar surface area (TPSA) is 26.3 Å². The van der Waals surface area contributed by atoms with Gasteiger partial charge in [0.1, 0.15) is 6.10 Å². The van der Waals surface area contributed by atoms with E-state index in [2.05, 4.69) is 47.6 Å². The van der Waals surface area contributed by atoms with Gasteiger partial charge in [-0.25, -0.2) is 0 Å². The molecule has 0 aliphatic heterocycles. The standard InChI is InChI=1S/C31H50O2/c1-20(2)9-8-10-21(3)23-11-12-24-25-13-14-26-28(5,6)27(33-22(4)32)15-16-31(26)19-30(25,31)18-17-29(23,24)7/h9,21,23-27H,8,10-19H2,1-7H3. The van der Waals surface area contributed by atoms with E-state index in [4.69, 9.17) is 4.74 Å². The monoisotopic (exact) mass is 454 g/mol. The zero-order chi connectivity index (χ0) is 23.8. The van der Waals surface area contributed by atoms with Gasteiger partial charge in [-0.1, -0.05) is 39.3 Å². The Labute approximate surface area is 203 Å². The molecule has 2 spiro atoms. The normalized spacial score (nSPS) is 47.9. The van der Waals surface area contributed by atoms with Crippen LogP contribution in [0.4, 0.5) is 0 Å². The number of hydrogen-bond acceptors (Lipinski definition) is 2. The van der Waals surface area contributed by atoms with Gasteiger partial charge in [-0.15, -0.1) is 0 Å². The molecule has 0 saturated heterocycles. The van der Waals surface area contributed by atoms with Gasteiger partial charge in [-0.05, 0) is 130 Å². The van der Waals surface area contributed by atoms with Crippen LogP contribution in [0, 0.1) is 51.2 Å². The first-order valence-electron chi connectivity index (χ1n) is 14.3. The van der Waals surface area contributed by atoms with Gasteiger partial charge < -0.3 is 4.74 Å². The molecule has 0 radical (unpaired) electrons. The minimum Gasteiger partial charge on any atom is -0.462 e. The minimum atomic E-state index is -0.0904. The molecule has 2 heteroatoms. The molecule has 33 heavy (non-hydrogen) atoms. The number of allylic oxidation sites excluding steroid dienone is 2. The summed E-state index contributed by atoms with van der Waals surface area (Å²) in [4.78, 5) is 11.8. The molecule has 0 aromatic heterocycles. The Morgan fingerprint density at radius 2 is 1.67 bits per heavy atom. The molecule has 0 bridgehead atoms.